The summed E-state index contributed by atoms with van der Waals surface area (Å²) in [6.07, 6.45) is 2.78. The van der Waals surface area contributed by atoms with Crippen molar-refractivity contribution in [3.05, 3.63) is 41.1 Å². The van der Waals surface area contributed by atoms with Crippen molar-refractivity contribution in [2.45, 2.75) is 39.3 Å². The van der Waals surface area contributed by atoms with Crippen molar-refractivity contribution in [1.29, 1.82) is 0 Å². The SMILES string of the molecule is CCNC(=O)NN1Cc2[nH]nc(NC(=O)Cc3ccc(N4CCCC4)cc3)c2C1. The standard InChI is InChI=1S/C20H27N7O2/c1-2-21-20(29)25-27-12-16-17(13-27)23-24-19(16)22-18(28)11-14-5-7-15(8-6-14)26-9-3-4-10-26/h5-8H,2-4,9-13H2,1H3,(H2,21,25,29)(H2,22,23,24,28). The monoisotopic (exact) mass is 397 g/mol. The van der Waals surface area contributed by atoms with Crippen LogP contribution in [0.3, 0.4) is 0 Å². The number of carbonyl (C=O) groups excluding carboxylic acids is 2. The molecule has 1 aromatic heterocycles. The molecule has 0 radical (unpaired) electrons. The van der Waals surface area contributed by atoms with Crippen LogP contribution in [0.2, 0.25) is 0 Å². The van der Waals surface area contributed by atoms with E-state index in [0.717, 1.165) is 29.9 Å². The van der Waals surface area contributed by atoms with Gasteiger partial charge in [0, 0.05) is 37.4 Å². The summed E-state index contributed by atoms with van der Waals surface area (Å²) in [7, 11) is 0. The van der Waals surface area contributed by atoms with Gasteiger partial charge in [0.1, 0.15) is 0 Å². The number of urea groups is 1. The largest absolute Gasteiger partial charge is 0.372 e. The van der Waals surface area contributed by atoms with Gasteiger partial charge in [-0.2, -0.15) is 5.10 Å². The first-order valence-corrected chi connectivity index (χ1v) is 10.1. The van der Waals surface area contributed by atoms with E-state index in [4.69, 9.17) is 0 Å². The Kier molecular flexibility index (Phi) is 5.66. The number of fused-ring (bicyclic) bond motifs is 1. The van der Waals surface area contributed by atoms with Gasteiger partial charge < -0.3 is 15.5 Å². The molecule has 1 aromatic carbocycles. The average molecular weight is 397 g/mol. The molecule has 9 heteroatoms. The van der Waals surface area contributed by atoms with Crippen molar-refractivity contribution in [3.63, 3.8) is 0 Å². The van der Waals surface area contributed by atoms with Gasteiger partial charge in [-0.3, -0.25) is 15.3 Å². The maximum atomic E-state index is 12.5. The zero-order chi connectivity index (χ0) is 20.2. The molecule has 4 N–H and O–H groups in total. The topological polar surface area (TPSA) is 105 Å². The van der Waals surface area contributed by atoms with Crippen LogP contribution < -0.4 is 21.0 Å². The fourth-order valence-corrected chi connectivity index (χ4v) is 3.83. The smallest absolute Gasteiger partial charge is 0.329 e. The number of aromatic nitrogens is 2. The third-order valence-corrected chi connectivity index (χ3v) is 5.28. The molecule has 4 rings (SSSR count). The lowest BCUT2D eigenvalue weighted by Crippen LogP contribution is -2.44. The van der Waals surface area contributed by atoms with Crippen LogP contribution in [-0.2, 0) is 24.3 Å². The van der Waals surface area contributed by atoms with Crippen LogP contribution in [0.25, 0.3) is 0 Å². The predicted molar refractivity (Wildman–Crippen MR) is 110 cm³/mol. The number of H-pyrrole nitrogens is 1. The van der Waals surface area contributed by atoms with Crippen LogP contribution in [0.4, 0.5) is 16.3 Å². The highest BCUT2D eigenvalue weighted by molar-refractivity contribution is 5.92. The Labute approximate surface area is 169 Å². The molecule has 0 saturated carbocycles. The summed E-state index contributed by atoms with van der Waals surface area (Å²) in [6, 6.07) is 7.96. The molecular weight excluding hydrogens is 370 g/mol. The second-order valence-corrected chi connectivity index (χ2v) is 7.44. The predicted octanol–water partition coefficient (Wildman–Crippen LogP) is 1.74. The molecule has 154 valence electrons. The molecule has 1 saturated heterocycles. The summed E-state index contributed by atoms with van der Waals surface area (Å²) >= 11 is 0. The number of nitrogens with one attached hydrogen (secondary N) is 4. The summed E-state index contributed by atoms with van der Waals surface area (Å²) in [6.45, 7) is 5.65. The molecule has 9 nitrogen and oxygen atoms in total. The lowest BCUT2D eigenvalue weighted by atomic mass is 10.1. The molecule has 29 heavy (non-hydrogen) atoms. The van der Waals surface area contributed by atoms with Crippen molar-refractivity contribution < 1.29 is 9.59 Å². The molecule has 2 aliphatic rings. The van der Waals surface area contributed by atoms with Crippen LogP contribution >= 0.6 is 0 Å². The fraction of sp³-hybridized carbons (Fsp3) is 0.450. The van der Waals surface area contributed by atoms with E-state index < -0.39 is 0 Å². The minimum atomic E-state index is -0.242. The van der Waals surface area contributed by atoms with Crippen molar-refractivity contribution in [1.82, 2.24) is 25.9 Å². The Balaban J connectivity index is 1.32. The molecule has 0 atom stereocenters. The van der Waals surface area contributed by atoms with E-state index in [1.54, 1.807) is 5.01 Å². The summed E-state index contributed by atoms with van der Waals surface area (Å²) < 4.78 is 0. The first-order valence-electron chi connectivity index (χ1n) is 10.1. The first kappa shape index (κ1) is 19.3. The third-order valence-electron chi connectivity index (χ3n) is 5.28. The molecular formula is C20H27N7O2. The van der Waals surface area contributed by atoms with Crippen LogP contribution in [0.5, 0.6) is 0 Å². The number of benzene rings is 1. The number of hydrogen-bond donors (Lipinski definition) is 4. The maximum absolute atomic E-state index is 12.5. The summed E-state index contributed by atoms with van der Waals surface area (Å²) in [5, 5.41) is 14.5. The third kappa shape index (κ3) is 4.51. The average Bonchev–Trinajstić information content (AvgIpc) is 3.42. The van der Waals surface area contributed by atoms with E-state index in [-0.39, 0.29) is 11.9 Å². The van der Waals surface area contributed by atoms with Crippen molar-refractivity contribution >= 4 is 23.4 Å². The van der Waals surface area contributed by atoms with Gasteiger partial charge in [-0.05, 0) is 37.5 Å². The molecule has 2 aliphatic heterocycles. The Morgan fingerprint density at radius 2 is 1.90 bits per heavy atom. The zero-order valence-corrected chi connectivity index (χ0v) is 16.6. The Hall–Kier alpha value is -3.07. The quantitative estimate of drug-likeness (QED) is 0.594. The number of hydrogen-bond acceptors (Lipinski definition) is 5. The van der Waals surface area contributed by atoms with E-state index in [9.17, 15) is 9.59 Å². The van der Waals surface area contributed by atoms with Crippen LogP contribution in [0.15, 0.2) is 24.3 Å². The zero-order valence-electron chi connectivity index (χ0n) is 16.6. The number of carbonyl (C=O) groups is 2. The number of amides is 3. The summed E-state index contributed by atoms with van der Waals surface area (Å²) in [4.78, 5) is 26.6. The lowest BCUT2D eigenvalue weighted by Gasteiger charge is -2.17. The van der Waals surface area contributed by atoms with Gasteiger partial charge in [-0.25, -0.2) is 9.80 Å². The van der Waals surface area contributed by atoms with E-state index in [1.165, 1.54) is 18.5 Å². The van der Waals surface area contributed by atoms with Gasteiger partial charge >= 0.3 is 6.03 Å². The van der Waals surface area contributed by atoms with E-state index in [0.29, 0.717) is 31.9 Å². The minimum Gasteiger partial charge on any atom is -0.372 e. The van der Waals surface area contributed by atoms with Gasteiger partial charge in [0.15, 0.2) is 5.82 Å². The van der Waals surface area contributed by atoms with Crippen LogP contribution in [-0.4, -0.2) is 46.8 Å². The first-order chi connectivity index (χ1) is 14.1. The number of aromatic amines is 1. The molecule has 3 heterocycles. The Morgan fingerprint density at radius 3 is 2.62 bits per heavy atom. The molecule has 0 bridgehead atoms. The van der Waals surface area contributed by atoms with Crippen LogP contribution in [0, 0.1) is 0 Å². The van der Waals surface area contributed by atoms with E-state index in [1.807, 2.05) is 19.1 Å². The molecule has 2 aromatic rings. The molecule has 0 spiro atoms. The Bertz CT molecular complexity index is 871. The van der Waals surface area contributed by atoms with Gasteiger partial charge in [-0.1, -0.05) is 12.1 Å². The molecule has 0 unspecified atom stereocenters. The highest BCUT2D eigenvalue weighted by Gasteiger charge is 2.26. The van der Waals surface area contributed by atoms with Crippen molar-refractivity contribution in [2.24, 2.45) is 0 Å². The number of anilines is 2. The Morgan fingerprint density at radius 1 is 1.14 bits per heavy atom. The summed E-state index contributed by atoms with van der Waals surface area (Å²) in [5.41, 5.74) is 6.77. The lowest BCUT2D eigenvalue weighted by molar-refractivity contribution is -0.115. The molecule has 1 fully saturated rings. The van der Waals surface area contributed by atoms with Crippen LogP contribution in [0.1, 0.15) is 36.6 Å². The highest BCUT2D eigenvalue weighted by Crippen LogP contribution is 2.26. The number of nitrogens with zero attached hydrogens (tertiary/aromatic N) is 3. The normalized spacial score (nSPS) is 16.0. The fourth-order valence-electron chi connectivity index (χ4n) is 3.83. The molecule has 0 aliphatic carbocycles. The van der Waals surface area contributed by atoms with Gasteiger partial charge in [0.05, 0.1) is 18.7 Å². The van der Waals surface area contributed by atoms with Crippen molar-refractivity contribution in [2.75, 3.05) is 29.9 Å². The maximum Gasteiger partial charge on any atom is 0.329 e. The van der Waals surface area contributed by atoms with E-state index >= 15 is 0 Å². The van der Waals surface area contributed by atoms with Gasteiger partial charge in [0.25, 0.3) is 0 Å². The van der Waals surface area contributed by atoms with Gasteiger partial charge in [0.2, 0.25) is 5.91 Å². The summed E-state index contributed by atoms with van der Waals surface area (Å²) in [5.74, 6) is 0.419. The van der Waals surface area contributed by atoms with Crippen molar-refractivity contribution in [3.8, 4) is 0 Å². The molecule has 3 amide bonds. The second-order valence-electron chi connectivity index (χ2n) is 7.44. The highest BCUT2D eigenvalue weighted by atomic mass is 16.2. The van der Waals surface area contributed by atoms with Gasteiger partial charge in [-0.15, -0.1) is 0 Å². The second kappa shape index (κ2) is 8.52. The van der Waals surface area contributed by atoms with E-state index in [2.05, 4.69) is 43.3 Å². The number of hydrazine groups is 1. The minimum absolute atomic E-state index is 0.108. The number of rotatable bonds is 6.